The van der Waals surface area contributed by atoms with Crippen LogP contribution < -0.4 is 20.4 Å². The van der Waals surface area contributed by atoms with E-state index in [0.717, 1.165) is 78.7 Å². The molecule has 3 heterocycles. The fourth-order valence-electron chi connectivity index (χ4n) is 6.32. The molecule has 0 amide bonds. The summed E-state index contributed by atoms with van der Waals surface area (Å²) >= 11 is 0. The van der Waals surface area contributed by atoms with Gasteiger partial charge in [-0.1, -0.05) is 92.6 Å². The molecule has 3 aromatic carbocycles. The van der Waals surface area contributed by atoms with Crippen molar-refractivity contribution in [1.82, 2.24) is 4.57 Å². The van der Waals surface area contributed by atoms with Gasteiger partial charge in [0, 0.05) is 27.9 Å². The molecular formula is C39H34BNO2. The van der Waals surface area contributed by atoms with Gasteiger partial charge in [0.05, 0.1) is 11.4 Å². The molecule has 0 unspecified atom stereocenters. The quantitative estimate of drug-likeness (QED) is 0.211. The fourth-order valence-corrected chi connectivity index (χ4v) is 6.32. The molecule has 3 nitrogen and oxygen atoms in total. The molecule has 0 N–H and O–H groups in total. The molecule has 2 aliphatic heterocycles. The summed E-state index contributed by atoms with van der Waals surface area (Å²) in [7, 11) is 0. The van der Waals surface area contributed by atoms with Crippen LogP contribution in [0.5, 0.6) is 11.5 Å². The van der Waals surface area contributed by atoms with Gasteiger partial charge in [0.25, 0.3) is 6.71 Å². The predicted octanol–water partition coefficient (Wildman–Crippen LogP) is 8.77. The van der Waals surface area contributed by atoms with Gasteiger partial charge >= 0.3 is 0 Å². The Hall–Kier alpha value is -5.22. The molecule has 1 aromatic heterocycles. The maximum atomic E-state index is 6.68. The first-order chi connectivity index (χ1) is 21.1. The average molecular weight is 560 g/mol. The van der Waals surface area contributed by atoms with E-state index in [1.807, 2.05) is 51.1 Å². The van der Waals surface area contributed by atoms with Crippen LogP contribution in [0.4, 0.5) is 0 Å². The molecule has 0 spiro atoms. The number of rotatable bonds is 7. The van der Waals surface area contributed by atoms with Crippen molar-refractivity contribution in [2.24, 2.45) is 0 Å². The minimum Gasteiger partial charge on any atom is -0.458 e. The van der Waals surface area contributed by atoms with Gasteiger partial charge in [0.1, 0.15) is 23.0 Å². The molecule has 210 valence electrons. The highest BCUT2D eigenvalue weighted by Gasteiger charge is 2.41. The van der Waals surface area contributed by atoms with Gasteiger partial charge in [0.2, 0.25) is 0 Å². The van der Waals surface area contributed by atoms with Crippen molar-refractivity contribution in [3.05, 3.63) is 150 Å². The third-order valence-corrected chi connectivity index (χ3v) is 8.10. The lowest BCUT2D eigenvalue weighted by molar-refractivity contribution is 0.410. The van der Waals surface area contributed by atoms with E-state index in [4.69, 9.17) is 9.47 Å². The highest BCUT2D eigenvalue weighted by atomic mass is 16.5. The average Bonchev–Trinajstić information content (AvgIpc) is 3.35. The fraction of sp³-hybridized carbons (Fsp3) is 0.0769. The Morgan fingerprint density at radius 3 is 2.12 bits per heavy atom. The van der Waals surface area contributed by atoms with Crippen LogP contribution in [0.3, 0.4) is 0 Å². The van der Waals surface area contributed by atoms with Crippen molar-refractivity contribution in [3.8, 4) is 28.3 Å². The molecule has 0 fully saturated rings. The zero-order chi connectivity index (χ0) is 30.1. The number of para-hydroxylation sites is 2. The summed E-state index contributed by atoms with van der Waals surface area (Å²) in [4.78, 5) is 0. The number of fused-ring (bicyclic) bond motifs is 5. The number of benzene rings is 3. The first-order valence-electron chi connectivity index (χ1n) is 14.6. The first kappa shape index (κ1) is 27.9. The van der Waals surface area contributed by atoms with Crippen molar-refractivity contribution in [2.75, 3.05) is 0 Å². The zero-order valence-corrected chi connectivity index (χ0v) is 24.9. The number of nitrogens with zero attached hydrogens (tertiary/aromatic N) is 1. The van der Waals surface area contributed by atoms with Crippen LogP contribution in [0, 0.1) is 0 Å². The Morgan fingerprint density at radius 2 is 1.44 bits per heavy atom. The summed E-state index contributed by atoms with van der Waals surface area (Å²) < 4.78 is 15.2. The van der Waals surface area contributed by atoms with Crippen molar-refractivity contribution >= 4 is 41.9 Å². The Bertz CT molecular complexity index is 1900. The molecule has 4 heteroatoms. The summed E-state index contributed by atoms with van der Waals surface area (Å²) in [6, 6.07) is 23.3. The van der Waals surface area contributed by atoms with Gasteiger partial charge in [-0.05, 0) is 79.8 Å². The molecule has 0 saturated carbocycles. The second-order valence-corrected chi connectivity index (χ2v) is 10.4. The van der Waals surface area contributed by atoms with Crippen molar-refractivity contribution in [2.45, 2.75) is 20.8 Å². The minimum absolute atomic E-state index is 0.0205. The first-order valence-corrected chi connectivity index (χ1v) is 14.6. The number of aromatic nitrogens is 1. The Morgan fingerprint density at radius 1 is 0.698 bits per heavy atom. The molecule has 0 atom stereocenters. The number of hydrogen-bond acceptors (Lipinski definition) is 2. The van der Waals surface area contributed by atoms with E-state index >= 15 is 0 Å². The lowest BCUT2D eigenvalue weighted by Crippen LogP contribution is -2.51. The SMILES string of the molecule is C=CC1=C2B(c3ccccc3O1)c1cccc(-c3ccc(-n4c(C=C)c(/C=C\C)c(C=C)c4/C=C\C)cc3)c1O/C2=C/C. The highest BCUT2D eigenvalue weighted by Crippen LogP contribution is 2.40. The van der Waals surface area contributed by atoms with Crippen LogP contribution in [-0.4, -0.2) is 11.3 Å². The van der Waals surface area contributed by atoms with Crippen LogP contribution in [0.25, 0.3) is 41.1 Å². The topological polar surface area (TPSA) is 23.4 Å². The zero-order valence-electron chi connectivity index (χ0n) is 24.9. The molecule has 4 aromatic rings. The summed E-state index contributed by atoms with van der Waals surface area (Å²) in [5.41, 5.74) is 10.7. The number of ether oxygens (including phenoxy) is 2. The van der Waals surface area contributed by atoms with E-state index in [-0.39, 0.29) is 6.71 Å². The van der Waals surface area contributed by atoms with E-state index < -0.39 is 0 Å². The molecule has 2 aliphatic rings. The van der Waals surface area contributed by atoms with Crippen molar-refractivity contribution in [3.63, 3.8) is 0 Å². The predicted molar refractivity (Wildman–Crippen MR) is 185 cm³/mol. The van der Waals surface area contributed by atoms with Gasteiger partial charge in [-0.25, -0.2) is 0 Å². The molecule has 0 aliphatic carbocycles. The van der Waals surface area contributed by atoms with Gasteiger partial charge in [-0.15, -0.1) is 0 Å². The summed E-state index contributed by atoms with van der Waals surface area (Å²) in [6.07, 6.45) is 16.0. The smallest absolute Gasteiger partial charge is 0.260 e. The van der Waals surface area contributed by atoms with E-state index in [2.05, 4.69) is 103 Å². The Balaban J connectivity index is 1.51. The maximum absolute atomic E-state index is 6.68. The van der Waals surface area contributed by atoms with E-state index in [1.165, 1.54) is 0 Å². The van der Waals surface area contributed by atoms with E-state index in [9.17, 15) is 0 Å². The van der Waals surface area contributed by atoms with E-state index in [0.29, 0.717) is 0 Å². The van der Waals surface area contributed by atoms with Gasteiger partial charge < -0.3 is 14.0 Å². The summed E-state index contributed by atoms with van der Waals surface area (Å²) in [5.74, 6) is 3.24. The highest BCUT2D eigenvalue weighted by molar-refractivity contribution is 6.93. The normalized spacial score (nSPS) is 14.8. The van der Waals surface area contributed by atoms with Crippen LogP contribution >= 0.6 is 0 Å². The summed E-state index contributed by atoms with van der Waals surface area (Å²) in [5, 5.41) is 0. The van der Waals surface area contributed by atoms with Gasteiger partial charge in [-0.3, -0.25) is 0 Å². The van der Waals surface area contributed by atoms with Crippen LogP contribution in [0.1, 0.15) is 43.3 Å². The second-order valence-electron chi connectivity index (χ2n) is 10.4. The molecular weight excluding hydrogens is 525 g/mol. The van der Waals surface area contributed by atoms with Crippen LogP contribution in [-0.2, 0) is 0 Å². The molecule has 0 bridgehead atoms. The summed E-state index contributed by atoms with van der Waals surface area (Å²) in [6.45, 7) is 18.3. The van der Waals surface area contributed by atoms with Crippen molar-refractivity contribution < 1.29 is 9.47 Å². The van der Waals surface area contributed by atoms with Gasteiger partial charge in [0.15, 0.2) is 0 Å². The van der Waals surface area contributed by atoms with Crippen LogP contribution in [0.15, 0.2) is 128 Å². The van der Waals surface area contributed by atoms with Crippen LogP contribution in [0.2, 0.25) is 0 Å². The lowest BCUT2D eigenvalue weighted by Gasteiger charge is -2.35. The standard InChI is InChI=1S/C39H34BNO2/c1-7-16-30-28(9-3)34(17-8-2)41(33(30)10-4)27-24-22-26(23-25-27)29-18-15-20-32-39(29)43-36(12-6)38-35(11-5)42-37-21-14-13-19-31(37)40(32)38/h7-25H,3-5H2,1-2,6H3/b16-7-,17-8-,36-12+. The maximum Gasteiger partial charge on any atom is 0.260 e. The number of allylic oxidation sites excluding steroid dienone is 5. The van der Waals surface area contributed by atoms with E-state index in [1.54, 1.807) is 6.08 Å². The molecule has 43 heavy (non-hydrogen) atoms. The molecule has 6 rings (SSSR count). The lowest BCUT2D eigenvalue weighted by atomic mass is 9.34. The van der Waals surface area contributed by atoms with Gasteiger partial charge in [-0.2, -0.15) is 0 Å². The Kier molecular flexibility index (Phi) is 7.52. The largest absolute Gasteiger partial charge is 0.458 e. The third kappa shape index (κ3) is 4.47. The molecule has 0 radical (unpaired) electrons. The second kappa shape index (κ2) is 11.6. The number of hydrogen-bond donors (Lipinski definition) is 0. The third-order valence-electron chi connectivity index (χ3n) is 8.10. The Labute approximate surface area is 254 Å². The van der Waals surface area contributed by atoms with Crippen molar-refractivity contribution in [1.29, 1.82) is 0 Å². The monoisotopic (exact) mass is 559 g/mol. The molecule has 0 saturated heterocycles. The minimum atomic E-state index is -0.0205.